The maximum atomic E-state index is 13.8. The van der Waals surface area contributed by atoms with E-state index in [4.69, 9.17) is 16.0 Å². The topological polar surface area (TPSA) is 115 Å². The number of furan rings is 1. The molecule has 240 valence electrons. The van der Waals surface area contributed by atoms with Crippen LogP contribution in [0.1, 0.15) is 72.1 Å². The van der Waals surface area contributed by atoms with E-state index in [0.717, 1.165) is 16.2 Å². The van der Waals surface area contributed by atoms with E-state index in [1.807, 2.05) is 12.1 Å². The van der Waals surface area contributed by atoms with Gasteiger partial charge >= 0.3 is 0 Å². The van der Waals surface area contributed by atoms with Gasteiger partial charge in [0.15, 0.2) is 0 Å². The van der Waals surface area contributed by atoms with Gasteiger partial charge in [0, 0.05) is 18.2 Å². The number of rotatable bonds is 11. The number of amides is 3. The molecule has 1 aromatic heterocycles. The van der Waals surface area contributed by atoms with Crippen molar-refractivity contribution in [3.05, 3.63) is 153 Å². The van der Waals surface area contributed by atoms with Gasteiger partial charge in [-0.1, -0.05) is 65.7 Å². The summed E-state index contributed by atoms with van der Waals surface area (Å²) < 4.78 is 6.13. The number of fused-ring (bicyclic) bond motifs is 1. The van der Waals surface area contributed by atoms with Gasteiger partial charge in [0.05, 0.1) is 45.9 Å². The van der Waals surface area contributed by atoms with E-state index >= 15 is 0 Å². The predicted octanol–water partition coefficient (Wildman–Crippen LogP) is 7.27. The fraction of sp³-hybridized carbons (Fsp3) is 0.179. The van der Waals surface area contributed by atoms with Crippen LogP contribution in [0.3, 0.4) is 0 Å². The highest BCUT2D eigenvalue weighted by Gasteiger charge is 2.36. The van der Waals surface area contributed by atoms with Crippen LogP contribution < -0.4 is 10.6 Å². The van der Waals surface area contributed by atoms with E-state index in [-0.39, 0.29) is 23.2 Å². The number of hydrogen-bond donors (Lipinski definition) is 2. The first-order valence-corrected chi connectivity index (χ1v) is 16.0. The molecule has 0 unspecified atom stereocenters. The van der Waals surface area contributed by atoms with Gasteiger partial charge in [-0.15, -0.1) is 0 Å². The molecule has 1 aliphatic rings. The highest BCUT2D eigenvalue weighted by atomic mass is 35.5. The lowest BCUT2D eigenvalue weighted by Gasteiger charge is -2.24. The van der Waals surface area contributed by atoms with Crippen molar-refractivity contribution in [2.24, 2.45) is 0 Å². The summed E-state index contributed by atoms with van der Waals surface area (Å²) >= 11 is 6.54. The van der Waals surface area contributed by atoms with Gasteiger partial charge in [-0.3, -0.25) is 19.3 Å². The van der Waals surface area contributed by atoms with Crippen molar-refractivity contribution in [2.75, 3.05) is 6.54 Å². The smallest absolute Gasteiger partial charge is 0.261 e. The van der Waals surface area contributed by atoms with Crippen molar-refractivity contribution in [3.8, 4) is 17.4 Å². The Hall–Kier alpha value is -5.49. The average molecular weight is 657 g/mol. The molecule has 0 bridgehead atoms. The average Bonchev–Trinajstić information content (AvgIpc) is 3.67. The lowest BCUT2D eigenvalue weighted by atomic mass is 10.0. The second-order valence-electron chi connectivity index (χ2n) is 11.9. The van der Waals surface area contributed by atoms with Crippen LogP contribution in [0.15, 0.2) is 108 Å². The molecule has 1 aliphatic heterocycles. The van der Waals surface area contributed by atoms with Gasteiger partial charge < -0.3 is 15.1 Å². The molecule has 0 saturated carbocycles. The molecule has 2 N–H and O–H groups in total. The summed E-state index contributed by atoms with van der Waals surface area (Å²) in [5.41, 5.74) is 5.28. The first-order valence-electron chi connectivity index (χ1n) is 15.6. The SMILES string of the molecule is Cc1ccc([C@@H](C)NCc2ccc(-c3ccc(Cl)c(C(=O)N[C@H](Cc4ccc(C#N)cc4)CN4C(=O)c5ccccc5C4=O)c3)o2)cc1. The molecular weight excluding hydrogens is 624 g/mol. The molecule has 3 amide bonds. The summed E-state index contributed by atoms with van der Waals surface area (Å²) in [4.78, 5) is 41.3. The zero-order chi connectivity index (χ0) is 33.8. The Bertz CT molecular complexity index is 1990. The van der Waals surface area contributed by atoms with E-state index in [2.05, 4.69) is 54.8 Å². The lowest BCUT2D eigenvalue weighted by Crippen LogP contribution is -2.47. The molecule has 0 saturated heterocycles. The number of benzene rings is 4. The Morgan fingerprint density at radius 1 is 0.917 bits per heavy atom. The zero-order valence-corrected chi connectivity index (χ0v) is 27.3. The van der Waals surface area contributed by atoms with Crippen LogP contribution in [0.4, 0.5) is 0 Å². The maximum Gasteiger partial charge on any atom is 0.261 e. The fourth-order valence-corrected chi connectivity index (χ4v) is 5.96. The van der Waals surface area contributed by atoms with Gasteiger partial charge in [-0.05, 0) is 86.0 Å². The molecule has 0 radical (unpaired) electrons. The number of aryl methyl sites for hydroxylation is 1. The summed E-state index contributed by atoms with van der Waals surface area (Å²) in [6.45, 7) is 4.63. The summed E-state index contributed by atoms with van der Waals surface area (Å²) in [5, 5.41) is 15.9. The van der Waals surface area contributed by atoms with E-state index in [1.165, 1.54) is 11.1 Å². The van der Waals surface area contributed by atoms with Crippen molar-refractivity contribution >= 4 is 29.3 Å². The Labute approximate surface area is 284 Å². The molecule has 48 heavy (non-hydrogen) atoms. The predicted molar refractivity (Wildman–Crippen MR) is 184 cm³/mol. The fourth-order valence-electron chi connectivity index (χ4n) is 5.76. The monoisotopic (exact) mass is 656 g/mol. The largest absolute Gasteiger partial charge is 0.460 e. The van der Waals surface area contributed by atoms with E-state index in [9.17, 15) is 19.6 Å². The number of imide groups is 1. The molecule has 5 aromatic rings. The molecular formula is C39H33ClN4O4. The van der Waals surface area contributed by atoms with Crippen LogP contribution in [0.5, 0.6) is 0 Å². The molecule has 0 spiro atoms. The van der Waals surface area contributed by atoms with Crippen molar-refractivity contribution in [1.29, 1.82) is 5.26 Å². The van der Waals surface area contributed by atoms with E-state index in [1.54, 1.807) is 66.7 Å². The standard InChI is InChI=1S/C39H33ClN4O4/c1-24-7-13-28(14-8-24)25(2)42-22-31-16-18-36(48-31)29-15-17-35(40)34(20-29)37(45)43-30(19-26-9-11-27(21-41)12-10-26)23-44-38(46)32-5-3-4-6-33(32)39(44)47/h3-18,20,25,30,42H,19,22-23H2,1-2H3,(H,43,45)/t25-,30-/m1/s1. The zero-order valence-electron chi connectivity index (χ0n) is 26.5. The van der Waals surface area contributed by atoms with Crippen LogP contribution in [-0.2, 0) is 13.0 Å². The third kappa shape index (κ3) is 7.08. The minimum Gasteiger partial charge on any atom is -0.460 e. The number of nitrogens with zero attached hydrogens (tertiary/aromatic N) is 2. The second kappa shape index (κ2) is 14.1. The first-order chi connectivity index (χ1) is 23.2. The number of hydrogen-bond acceptors (Lipinski definition) is 6. The molecule has 9 heteroatoms. The minimum absolute atomic E-state index is 0.0506. The molecule has 0 aliphatic carbocycles. The number of nitriles is 1. The number of carbonyl (C=O) groups is 3. The Balaban J connectivity index is 1.19. The molecule has 4 aromatic carbocycles. The van der Waals surface area contributed by atoms with Crippen molar-refractivity contribution in [3.63, 3.8) is 0 Å². The summed E-state index contributed by atoms with van der Waals surface area (Å²) in [7, 11) is 0. The summed E-state index contributed by atoms with van der Waals surface area (Å²) in [5.74, 6) is 0.0450. The maximum absolute atomic E-state index is 13.8. The second-order valence-corrected chi connectivity index (χ2v) is 12.3. The highest BCUT2D eigenvalue weighted by Crippen LogP contribution is 2.28. The van der Waals surface area contributed by atoms with Crippen molar-refractivity contribution in [2.45, 2.75) is 38.9 Å². The van der Waals surface area contributed by atoms with Crippen LogP contribution in [0.25, 0.3) is 11.3 Å². The first kappa shape index (κ1) is 32.5. The van der Waals surface area contributed by atoms with E-state index < -0.39 is 23.8 Å². The highest BCUT2D eigenvalue weighted by molar-refractivity contribution is 6.34. The van der Waals surface area contributed by atoms with Crippen LogP contribution in [0, 0.1) is 18.3 Å². The van der Waals surface area contributed by atoms with Gasteiger partial charge in [0.25, 0.3) is 17.7 Å². The van der Waals surface area contributed by atoms with Crippen molar-refractivity contribution < 1.29 is 18.8 Å². The van der Waals surface area contributed by atoms with Crippen LogP contribution >= 0.6 is 11.6 Å². The van der Waals surface area contributed by atoms with E-state index in [0.29, 0.717) is 41.0 Å². The lowest BCUT2D eigenvalue weighted by molar-refractivity contribution is 0.0628. The molecule has 6 rings (SSSR count). The Morgan fingerprint density at radius 3 is 2.27 bits per heavy atom. The van der Waals surface area contributed by atoms with Gasteiger partial charge in [-0.2, -0.15) is 5.26 Å². The molecule has 2 atom stereocenters. The van der Waals surface area contributed by atoms with Crippen LogP contribution in [-0.4, -0.2) is 35.2 Å². The molecule has 2 heterocycles. The van der Waals surface area contributed by atoms with Gasteiger partial charge in [-0.25, -0.2) is 0 Å². The Kier molecular flexibility index (Phi) is 9.53. The van der Waals surface area contributed by atoms with Gasteiger partial charge in [0.1, 0.15) is 11.5 Å². The summed E-state index contributed by atoms with van der Waals surface area (Å²) in [6.07, 6.45) is 0.303. The normalized spacial score (nSPS) is 13.6. The number of carbonyl (C=O) groups excluding carboxylic acids is 3. The van der Waals surface area contributed by atoms with Gasteiger partial charge in [0.2, 0.25) is 0 Å². The Morgan fingerprint density at radius 2 is 1.60 bits per heavy atom. The van der Waals surface area contributed by atoms with Crippen LogP contribution in [0.2, 0.25) is 5.02 Å². The molecule has 8 nitrogen and oxygen atoms in total. The van der Waals surface area contributed by atoms with Crippen molar-refractivity contribution in [1.82, 2.24) is 15.5 Å². The summed E-state index contributed by atoms with van der Waals surface area (Å²) in [6, 6.07) is 32.4. The number of nitrogens with one attached hydrogen (secondary N) is 2. The molecule has 0 fully saturated rings. The third-order valence-electron chi connectivity index (χ3n) is 8.50. The number of halogens is 1. The third-order valence-corrected chi connectivity index (χ3v) is 8.83. The quantitative estimate of drug-likeness (QED) is 0.145. The minimum atomic E-state index is -0.649.